The van der Waals surface area contributed by atoms with Gasteiger partial charge in [0.1, 0.15) is 0 Å². The van der Waals surface area contributed by atoms with Crippen LogP contribution in [-0.4, -0.2) is 43.9 Å². The number of ketones is 1. The third-order valence-corrected chi connectivity index (χ3v) is 3.82. The largest absolute Gasteiger partial charge is 0.369 e. The molecule has 1 aliphatic rings. The van der Waals surface area contributed by atoms with Crippen molar-refractivity contribution in [2.75, 3.05) is 38.1 Å². The molecule has 2 rings (SSSR count). The van der Waals surface area contributed by atoms with Crippen molar-refractivity contribution in [2.45, 2.75) is 26.2 Å². The number of hydrogen-bond donors (Lipinski definition) is 0. The van der Waals surface area contributed by atoms with E-state index in [0.717, 1.165) is 44.6 Å². The molecule has 0 spiro atoms. The van der Waals surface area contributed by atoms with Crippen molar-refractivity contribution >= 4 is 11.5 Å². The van der Waals surface area contributed by atoms with Gasteiger partial charge in [-0.1, -0.05) is 13.3 Å². The quantitative estimate of drug-likeness (QED) is 0.761. The first-order valence-corrected chi connectivity index (χ1v) is 7.27. The molecule has 1 aromatic rings. The Morgan fingerprint density at radius 2 is 1.74 bits per heavy atom. The van der Waals surface area contributed by atoms with Crippen LogP contribution in [0.2, 0.25) is 0 Å². The third kappa shape index (κ3) is 3.80. The second-order valence-corrected chi connectivity index (χ2v) is 5.36. The molecule has 0 saturated carbocycles. The Labute approximate surface area is 116 Å². The first-order valence-electron chi connectivity index (χ1n) is 7.27. The molecule has 1 saturated heterocycles. The van der Waals surface area contributed by atoms with Crippen LogP contribution in [0.15, 0.2) is 24.3 Å². The maximum Gasteiger partial charge on any atom is 0.162 e. The number of carbonyl (C=O) groups is 1. The fourth-order valence-electron chi connectivity index (χ4n) is 2.40. The number of rotatable bonds is 5. The summed E-state index contributed by atoms with van der Waals surface area (Å²) in [5.41, 5.74) is 2.09. The van der Waals surface area contributed by atoms with Gasteiger partial charge in [0.15, 0.2) is 5.78 Å². The lowest BCUT2D eigenvalue weighted by Gasteiger charge is -2.34. The Balaban J connectivity index is 1.96. The standard InChI is InChI=1S/C16H24N2O/c1-3-4-5-16(19)14-6-8-15(9-7-14)18-12-10-17(2)11-13-18/h6-9H,3-5,10-13H2,1-2H3. The number of piperazine rings is 1. The van der Waals surface area contributed by atoms with Gasteiger partial charge in [0.05, 0.1) is 0 Å². The highest BCUT2D eigenvalue weighted by Crippen LogP contribution is 2.18. The molecule has 1 aliphatic heterocycles. The minimum Gasteiger partial charge on any atom is -0.369 e. The van der Waals surface area contributed by atoms with E-state index in [1.165, 1.54) is 5.69 Å². The molecule has 0 N–H and O–H groups in total. The molecule has 0 bridgehead atoms. The lowest BCUT2D eigenvalue weighted by Crippen LogP contribution is -2.44. The summed E-state index contributed by atoms with van der Waals surface area (Å²) in [7, 11) is 2.16. The van der Waals surface area contributed by atoms with Gasteiger partial charge in [-0.05, 0) is 37.7 Å². The molecule has 0 amide bonds. The van der Waals surface area contributed by atoms with Crippen molar-refractivity contribution in [2.24, 2.45) is 0 Å². The van der Waals surface area contributed by atoms with Crippen molar-refractivity contribution in [1.82, 2.24) is 4.90 Å². The first kappa shape index (κ1) is 14.1. The summed E-state index contributed by atoms with van der Waals surface area (Å²) < 4.78 is 0. The van der Waals surface area contributed by atoms with Crippen LogP contribution in [0.3, 0.4) is 0 Å². The number of nitrogens with zero attached hydrogens (tertiary/aromatic N) is 2. The molecular weight excluding hydrogens is 236 g/mol. The van der Waals surface area contributed by atoms with Crippen molar-refractivity contribution in [3.8, 4) is 0 Å². The number of carbonyl (C=O) groups excluding carboxylic acids is 1. The summed E-state index contributed by atoms with van der Waals surface area (Å²) in [6.07, 6.45) is 2.73. The molecule has 0 radical (unpaired) electrons. The van der Waals surface area contributed by atoms with E-state index in [2.05, 4.69) is 35.9 Å². The maximum absolute atomic E-state index is 11.9. The van der Waals surface area contributed by atoms with Crippen LogP contribution >= 0.6 is 0 Å². The van der Waals surface area contributed by atoms with Crippen LogP contribution in [0.25, 0.3) is 0 Å². The lowest BCUT2D eigenvalue weighted by atomic mass is 10.1. The lowest BCUT2D eigenvalue weighted by molar-refractivity contribution is 0.0980. The summed E-state index contributed by atoms with van der Waals surface area (Å²) in [5, 5.41) is 0. The van der Waals surface area contributed by atoms with Crippen LogP contribution in [-0.2, 0) is 0 Å². The number of likely N-dealkylation sites (N-methyl/N-ethyl adjacent to an activating group) is 1. The fourth-order valence-corrected chi connectivity index (χ4v) is 2.40. The van der Waals surface area contributed by atoms with Crippen LogP contribution < -0.4 is 4.90 Å². The Morgan fingerprint density at radius 3 is 2.32 bits per heavy atom. The molecule has 1 aromatic carbocycles. The van der Waals surface area contributed by atoms with Gasteiger partial charge in [-0.25, -0.2) is 0 Å². The normalized spacial score (nSPS) is 16.6. The van der Waals surface area contributed by atoms with Crippen molar-refractivity contribution in [3.05, 3.63) is 29.8 Å². The first-order chi connectivity index (χ1) is 9.20. The molecule has 0 unspecified atom stereocenters. The molecule has 104 valence electrons. The van der Waals surface area contributed by atoms with Gasteiger partial charge in [0.25, 0.3) is 0 Å². The fraction of sp³-hybridized carbons (Fsp3) is 0.562. The predicted molar refractivity (Wildman–Crippen MR) is 80.0 cm³/mol. The molecule has 3 heteroatoms. The monoisotopic (exact) mass is 260 g/mol. The Morgan fingerprint density at radius 1 is 1.11 bits per heavy atom. The summed E-state index contributed by atoms with van der Waals surface area (Å²) in [6.45, 7) is 6.47. The summed E-state index contributed by atoms with van der Waals surface area (Å²) in [6, 6.07) is 8.13. The Kier molecular flexibility index (Phi) is 4.97. The zero-order chi connectivity index (χ0) is 13.7. The number of anilines is 1. The zero-order valence-electron chi connectivity index (χ0n) is 12.1. The second kappa shape index (κ2) is 6.71. The van der Waals surface area contributed by atoms with Gasteiger partial charge in [-0.15, -0.1) is 0 Å². The number of hydrogen-bond acceptors (Lipinski definition) is 3. The highest BCUT2D eigenvalue weighted by atomic mass is 16.1. The topological polar surface area (TPSA) is 23.6 Å². The smallest absolute Gasteiger partial charge is 0.162 e. The SMILES string of the molecule is CCCCC(=O)c1ccc(N2CCN(C)CC2)cc1. The molecule has 0 atom stereocenters. The highest BCUT2D eigenvalue weighted by Gasteiger charge is 2.14. The van der Waals surface area contributed by atoms with Gasteiger partial charge in [0.2, 0.25) is 0 Å². The molecule has 1 fully saturated rings. The predicted octanol–water partition coefficient (Wildman–Crippen LogP) is 2.81. The van der Waals surface area contributed by atoms with Gasteiger partial charge in [-0.2, -0.15) is 0 Å². The molecule has 19 heavy (non-hydrogen) atoms. The minimum absolute atomic E-state index is 0.270. The molecule has 3 nitrogen and oxygen atoms in total. The van der Waals surface area contributed by atoms with Crippen molar-refractivity contribution < 1.29 is 4.79 Å². The van der Waals surface area contributed by atoms with Gasteiger partial charge < -0.3 is 9.80 Å². The summed E-state index contributed by atoms with van der Waals surface area (Å²) in [5.74, 6) is 0.270. The molecular formula is C16H24N2O. The molecule has 1 heterocycles. The Bertz CT molecular complexity index is 405. The van der Waals surface area contributed by atoms with Crippen LogP contribution in [0.4, 0.5) is 5.69 Å². The van der Waals surface area contributed by atoms with Gasteiger partial charge >= 0.3 is 0 Å². The van der Waals surface area contributed by atoms with Crippen LogP contribution in [0.1, 0.15) is 36.5 Å². The maximum atomic E-state index is 11.9. The number of unbranched alkanes of at least 4 members (excludes halogenated alkanes) is 1. The van der Waals surface area contributed by atoms with Crippen molar-refractivity contribution in [3.63, 3.8) is 0 Å². The van der Waals surface area contributed by atoms with E-state index in [9.17, 15) is 4.79 Å². The summed E-state index contributed by atoms with van der Waals surface area (Å²) in [4.78, 5) is 16.6. The highest BCUT2D eigenvalue weighted by molar-refractivity contribution is 5.96. The van der Waals surface area contributed by atoms with E-state index < -0.39 is 0 Å². The minimum atomic E-state index is 0.270. The average Bonchev–Trinajstić information content (AvgIpc) is 2.46. The second-order valence-electron chi connectivity index (χ2n) is 5.36. The van der Waals surface area contributed by atoms with E-state index in [0.29, 0.717) is 6.42 Å². The number of benzene rings is 1. The van der Waals surface area contributed by atoms with E-state index in [-0.39, 0.29) is 5.78 Å². The Hall–Kier alpha value is -1.35. The third-order valence-electron chi connectivity index (χ3n) is 3.82. The van der Waals surface area contributed by atoms with Crippen molar-refractivity contribution in [1.29, 1.82) is 0 Å². The van der Waals surface area contributed by atoms with E-state index in [4.69, 9.17) is 0 Å². The molecule has 0 aliphatic carbocycles. The van der Waals surface area contributed by atoms with E-state index in [1.54, 1.807) is 0 Å². The van der Waals surface area contributed by atoms with E-state index >= 15 is 0 Å². The van der Waals surface area contributed by atoms with Gasteiger partial charge in [-0.3, -0.25) is 4.79 Å². The van der Waals surface area contributed by atoms with E-state index in [1.807, 2.05) is 12.1 Å². The average molecular weight is 260 g/mol. The van der Waals surface area contributed by atoms with Gasteiger partial charge in [0, 0.05) is 43.9 Å². The number of Topliss-reactive ketones (excluding diaryl/α,β-unsaturated/α-hetero) is 1. The summed E-state index contributed by atoms with van der Waals surface area (Å²) >= 11 is 0. The molecule has 0 aromatic heterocycles. The van der Waals surface area contributed by atoms with Crippen LogP contribution in [0, 0.1) is 0 Å². The van der Waals surface area contributed by atoms with Crippen LogP contribution in [0.5, 0.6) is 0 Å². The zero-order valence-corrected chi connectivity index (χ0v) is 12.1.